The first-order chi connectivity index (χ1) is 15.6. The average molecular weight is 448 g/mol. The number of hydrogen-bond donors (Lipinski definition) is 1. The summed E-state index contributed by atoms with van der Waals surface area (Å²) in [4.78, 5) is 8.49. The number of para-hydroxylation sites is 1. The summed E-state index contributed by atoms with van der Waals surface area (Å²) in [5, 5.41) is 2.87. The van der Waals surface area contributed by atoms with Gasteiger partial charge in [0.1, 0.15) is 5.75 Å². The van der Waals surface area contributed by atoms with Crippen molar-refractivity contribution in [3.05, 3.63) is 96.1 Å². The number of pyridine rings is 1. The highest BCUT2D eigenvalue weighted by molar-refractivity contribution is 7.91. The van der Waals surface area contributed by atoms with Crippen molar-refractivity contribution in [2.75, 3.05) is 12.4 Å². The first kappa shape index (κ1) is 21.3. The lowest BCUT2D eigenvalue weighted by Gasteiger charge is -2.06. The zero-order valence-electron chi connectivity index (χ0n) is 17.3. The summed E-state index contributed by atoms with van der Waals surface area (Å²) in [6.45, 7) is 0.329. The zero-order chi connectivity index (χ0) is 22.4. The molecule has 2 aromatic carbocycles. The van der Waals surface area contributed by atoms with Gasteiger partial charge in [0.15, 0.2) is 0 Å². The number of oxazole rings is 1. The molecule has 4 rings (SSSR count). The quantitative estimate of drug-likeness (QED) is 0.419. The maximum Gasteiger partial charge on any atom is 0.234 e. The summed E-state index contributed by atoms with van der Waals surface area (Å²) in [5.41, 5.74) is 1.68. The van der Waals surface area contributed by atoms with Crippen molar-refractivity contribution in [2.45, 2.75) is 16.5 Å². The van der Waals surface area contributed by atoms with Crippen molar-refractivity contribution in [3.63, 3.8) is 0 Å². The van der Waals surface area contributed by atoms with E-state index in [0.29, 0.717) is 12.3 Å². The van der Waals surface area contributed by atoms with Crippen molar-refractivity contribution < 1.29 is 17.6 Å². The van der Waals surface area contributed by atoms with E-state index in [-0.39, 0.29) is 21.7 Å². The molecule has 2 heterocycles. The molecule has 0 spiro atoms. The van der Waals surface area contributed by atoms with Gasteiger partial charge in [-0.1, -0.05) is 42.5 Å². The molecular formula is C24H21N3O4S. The summed E-state index contributed by atoms with van der Waals surface area (Å²) >= 11 is 0. The molecule has 32 heavy (non-hydrogen) atoms. The van der Waals surface area contributed by atoms with Crippen LogP contribution in [0.4, 0.5) is 5.88 Å². The Morgan fingerprint density at radius 3 is 2.53 bits per heavy atom. The fourth-order valence-electron chi connectivity index (χ4n) is 3.05. The lowest BCUT2D eigenvalue weighted by Crippen LogP contribution is -2.07. The van der Waals surface area contributed by atoms with Crippen molar-refractivity contribution in [2.24, 2.45) is 0 Å². The number of nitrogens with one attached hydrogen (secondary N) is 1. The van der Waals surface area contributed by atoms with Gasteiger partial charge in [0.2, 0.25) is 26.6 Å². The Kier molecular flexibility index (Phi) is 6.32. The van der Waals surface area contributed by atoms with E-state index in [1.807, 2.05) is 30.3 Å². The number of hydrogen-bond acceptors (Lipinski definition) is 7. The predicted octanol–water partition coefficient (Wildman–Crippen LogP) is 4.69. The molecule has 0 saturated carbocycles. The molecule has 0 aliphatic carbocycles. The summed E-state index contributed by atoms with van der Waals surface area (Å²) < 4.78 is 37.6. The molecule has 1 N–H and O–H groups in total. The minimum atomic E-state index is -3.89. The van der Waals surface area contributed by atoms with Crippen LogP contribution in [-0.4, -0.2) is 25.5 Å². The number of methoxy groups -OCH3 is 1. The van der Waals surface area contributed by atoms with Crippen LogP contribution in [0.25, 0.3) is 12.2 Å². The molecule has 7 nitrogen and oxygen atoms in total. The largest absolute Gasteiger partial charge is 0.496 e. The van der Waals surface area contributed by atoms with Gasteiger partial charge in [-0.05, 0) is 35.9 Å². The fourth-order valence-corrected chi connectivity index (χ4v) is 4.36. The third-order valence-corrected chi connectivity index (χ3v) is 6.32. The van der Waals surface area contributed by atoms with E-state index in [9.17, 15) is 8.42 Å². The second-order valence-corrected chi connectivity index (χ2v) is 8.66. The number of nitrogens with zero attached hydrogens (tertiary/aromatic N) is 2. The number of sulfone groups is 1. The van der Waals surface area contributed by atoms with Crippen LogP contribution in [-0.2, 0) is 16.4 Å². The van der Waals surface area contributed by atoms with Crippen LogP contribution >= 0.6 is 0 Å². The second kappa shape index (κ2) is 9.49. The van der Waals surface area contributed by atoms with Gasteiger partial charge in [-0.2, -0.15) is 4.98 Å². The van der Waals surface area contributed by atoms with Crippen LogP contribution in [0.15, 0.2) is 93.5 Å². The van der Waals surface area contributed by atoms with Crippen LogP contribution in [0.5, 0.6) is 5.75 Å². The van der Waals surface area contributed by atoms with Crippen LogP contribution in [0.2, 0.25) is 0 Å². The fraction of sp³-hybridized carbons (Fsp3) is 0.0833. The van der Waals surface area contributed by atoms with Crippen molar-refractivity contribution in [3.8, 4) is 5.75 Å². The van der Waals surface area contributed by atoms with Crippen LogP contribution in [0.3, 0.4) is 0 Å². The number of rotatable bonds is 8. The number of ether oxygens (including phenoxy) is 1. The molecule has 0 aliphatic heterocycles. The molecule has 162 valence electrons. The van der Waals surface area contributed by atoms with Gasteiger partial charge < -0.3 is 14.5 Å². The first-order valence-corrected chi connectivity index (χ1v) is 11.3. The molecule has 4 aromatic rings. The van der Waals surface area contributed by atoms with E-state index in [0.717, 1.165) is 11.1 Å². The highest BCUT2D eigenvalue weighted by Gasteiger charge is 2.27. The molecule has 2 aromatic heterocycles. The van der Waals surface area contributed by atoms with E-state index in [2.05, 4.69) is 15.3 Å². The highest BCUT2D eigenvalue weighted by atomic mass is 32.2. The smallest absolute Gasteiger partial charge is 0.234 e. The first-order valence-electron chi connectivity index (χ1n) is 9.83. The molecule has 8 heteroatoms. The SMILES string of the molecule is COc1ccccc1/C=C/c1nc(S(=O)(=O)c2ccccc2)c(NCc2cccnc2)o1. The molecule has 0 radical (unpaired) electrons. The summed E-state index contributed by atoms with van der Waals surface area (Å²) in [6, 6.07) is 19.3. The predicted molar refractivity (Wildman–Crippen MR) is 122 cm³/mol. The van der Waals surface area contributed by atoms with Gasteiger partial charge in [-0.25, -0.2) is 8.42 Å². The molecule has 0 saturated heterocycles. The van der Waals surface area contributed by atoms with E-state index in [4.69, 9.17) is 9.15 Å². The second-order valence-electron chi connectivity index (χ2n) is 6.79. The maximum absolute atomic E-state index is 13.2. The number of aromatic nitrogens is 2. The summed E-state index contributed by atoms with van der Waals surface area (Å²) in [6.07, 6.45) is 6.73. The van der Waals surface area contributed by atoms with Gasteiger partial charge in [0.25, 0.3) is 0 Å². The minimum absolute atomic E-state index is 0.0670. The van der Waals surface area contributed by atoms with Gasteiger partial charge in [-0.3, -0.25) is 4.98 Å². The molecule has 0 unspecified atom stereocenters. The van der Waals surface area contributed by atoms with Crippen LogP contribution < -0.4 is 10.1 Å². The monoisotopic (exact) mass is 447 g/mol. The lowest BCUT2D eigenvalue weighted by molar-refractivity contribution is 0.414. The Balaban J connectivity index is 1.70. The van der Waals surface area contributed by atoms with Crippen molar-refractivity contribution >= 4 is 27.9 Å². The van der Waals surface area contributed by atoms with E-state index in [1.54, 1.807) is 55.9 Å². The Morgan fingerprint density at radius 2 is 1.78 bits per heavy atom. The minimum Gasteiger partial charge on any atom is -0.496 e. The van der Waals surface area contributed by atoms with E-state index < -0.39 is 9.84 Å². The molecule has 0 aliphatic rings. The van der Waals surface area contributed by atoms with Gasteiger partial charge in [0.05, 0.1) is 12.0 Å². The topological polar surface area (TPSA) is 94.3 Å². The Bertz CT molecular complexity index is 1320. The molecule has 0 atom stereocenters. The maximum atomic E-state index is 13.2. The summed E-state index contributed by atoms with van der Waals surface area (Å²) in [5.74, 6) is 0.902. The third kappa shape index (κ3) is 4.70. The number of anilines is 1. The van der Waals surface area contributed by atoms with E-state index >= 15 is 0 Å². The molecule has 0 amide bonds. The van der Waals surface area contributed by atoms with E-state index in [1.165, 1.54) is 12.1 Å². The standard InChI is InChI=1S/C24H21N3O4S/c1-30-21-12-6-5-9-19(21)13-14-22-27-24(32(28,29)20-10-3-2-4-11-20)23(31-22)26-17-18-8-7-15-25-16-18/h2-16,26H,17H2,1H3/b14-13+. The Morgan fingerprint density at radius 1 is 1.00 bits per heavy atom. The summed E-state index contributed by atoms with van der Waals surface area (Å²) in [7, 11) is -2.30. The van der Waals surface area contributed by atoms with Gasteiger partial charge in [-0.15, -0.1) is 0 Å². The Labute approximate surface area is 186 Å². The van der Waals surface area contributed by atoms with Crippen molar-refractivity contribution in [1.29, 1.82) is 0 Å². The van der Waals surface area contributed by atoms with Gasteiger partial charge in [0, 0.05) is 30.6 Å². The molecule has 0 bridgehead atoms. The third-order valence-electron chi connectivity index (χ3n) is 4.64. The Hall–Kier alpha value is -3.91. The van der Waals surface area contributed by atoms with Crippen LogP contribution in [0.1, 0.15) is 17.0 Å². The average Bonchev–Trinajstić information content (AvgIpc) is 3.27. The number of benzene rings is 2. The van der Waals surface area contributed by atoms with Gasteiger partial charge >= 0.3 is 0 Å². The normalized spacial score (nSPS) is 11.5. The molecular weight excluding hydrogens is 426 g/mol. The van der Waals surface area contributed by atoms with Crippen LogP contribution in [0, 0.1) is 0 Å². The highest BCUT2D eigenvalue weighted by Crippen LogP contribution is 2.30. The van der Waals surface area contributed by atoms with Crippen molar-refractivity contribution in [1.82, 2.24) is 9.97 Å². The lowest BCUT2D eigenvalue weighted by atomic mass is 10.2. The molecule has 0 fully saturated rings. The zero-order valence-corrected chi connectivity index (χ0v) is 18.1.